The monoisotopic (exact) mass is 246 g/mol. The van der Waals surface area contributed by atoms with Crippen LogP contribution in [0.2, 0.25) is 0 Å². The number of carbonyl (C=O) groups is 1. The third-order valence-corrected chi connectivity index (χ3v) is 3.71. The molecule has 0 aromatic heterocycles. The summed E-state index contributed by atoms with van der Waals surface area (Å²) in [5.74, 6) is 0.665. The summed E-state index contributed by atoms with van der Waals surface area (Å²) in [5, 5.41) is 3.23. The largest absolute Gasteiger partial charge is 0.337 e. The lowest BCUT2D eigenvalue weighted by atomic mass is 10.0. The van der Waals surface area contributed by atoms with Gasteiger partial charge in [-0.05, 0) is 37.1 Å². The van der Waals surface area contributed by atoms with E-state index in [1.807, 2.05) is 24.1 Å². The van der Waals surface area contributed by atoms with Crippen LogP contribution in [0.4, 0.5) is 0 Å². The first kappa shape index (κ1) is 13.1. The molecule has 18 heavy (non-hydrogen) atoms. The molecule has 1 unspecified atom stereocenters. The second-order valence-corrected chi connectivity index (χ2v) is 5.30. The fourth-order valence-corrected chi connectivity index (χ4v) is 2.37. The molecule has 1 heterocycles. The number of amides is 1. The van der Waals surface area contributed by atoms with Crippen LogP contribution in [0.3, 0.4) is 0 Å². The molecule has 1 amide bonds. The highest BCUT2D eigenvalue weighted by atomic mass is 16.2. The molecular formula is C15H22N2O. The molecule has 0 saturated carbocycles. The number of hydrogen-bond acceptors (Lipinski definition) is 2. The molecule has 3 nitrogen and oxygen atoms in total. The molecule has 1 aromatic carbocycles. The number of nitrogens with zero attached hydrogens (tertiary/aromatic N) is 1. The molecule has 1 fully saturated rings. The van der Waals surface area contributed by atoms with Gasteiger partial charge >= 0.3 is 0 Å². The summed E-state index contributed by atoms with van der Waals surface area (Å²) in [5.41, 5.74) is 2.08. The Labute approximate surface area is 109 Å². The van der Waals surface area contributed by atoms with E-state index in [0.717, 1.165) is 25.1 Å². The summed E-state index contributed by atoms with van der Waals surface area (Å²) >= 11 is 0. The molecule has 1 aromatic rings. The maximum Gasteiger partial charge on any atom is 0.253 e. The molecule has 2 rings (SSSR count). The molecule has 1 aliphatic heterocycles. The van der Waals surface area contributed by atoms with E-state index in [2.05, 4.69) is 31.3 Å². The smallest absolute Gasteiger partial charge is 0.253 e. The van der Waals surface area contributed by atoms with E-state index in [4.69, 9.17) is 0 Å². The average molecular weight is 246 g/mol. The lowest BCUT2D eigenvalue weighted by molar-refractivity contribution is 0.0789. The lowest BCUT2D eigenvalue weighted by Crippen LogP contribution is -2.33. The Balaban J connectivity index is 2.05. The van der Waals surface area contributed by atoms with Crippen molar-refractivity contribution in [1.29, 1.82) is 0 Å². The van der Waals surface area contributed by atoms with Crippen LogP contribution in [0.5, 0.6) is 0 Å². The Morgan fingerprint density at radius 1 is 1.33 bits per heavy atom. The van der Waals surface area contributed by atoms with Crippen molar-refractivity contribution in [2.45, 2.75) is 32.2 Å². The van der Waals surface area contributed by atoms with E-state index in [1.165, 1.54) is 5.56 Å². The second-order valence-electron chi connectivity index (χ2n) is 5.30. The van der Waals surface area contributed by atoms with Crippen LogP contribution < -0.4 is 5.32 Å². The van der Waals surface area contributed by atoms with Gasteiger partial charge in [0.05, 0.1) is 0 Å². The van der Waals surface area contributed by atoms with Gasteiger partial charge in [0.15, 0.2) is 0 Å². The Hall–Kier alpha value is -1.35. The summed E-state index contributed by atoms with van der Waals surface area (Å²) in [4.78, 5) is 14.2. The van der Waals surface area contributed by atoms with Crippen LogP contribution in [0, 0.1) is 0 Å². The molecule has 3 heteroatoms. The zero-order chi connectivity index (χ0) is 13.1. The summed E-state index contributed by atoms with van der Waals surface area (Å²) in [6.07, 6.45) is 1.05. The first-order valence-corrected chi connectivity index (χ1v) is 6.68. The van der Waals surface area contributed by atoms with Crippen molar-refractivity contribution in [3.8, 4) is 0 Å². The molecule has 1 aliphatic rings. The Morgan fingerprint density at radius 3 is 2.50 bits per heavy atom. The highest BCUT2D eigenvalue weighted by Crippen LogP contribution is 2.17. The highest BCUT2D eigenvalue weighted by Gasteiger charge is 2.25. The Morgan fingerprint density at radius 2 is 2.00 bits per heavy atom. The molecule has 1 saturated heterocycles. The molecule has 0 radical (unpaired) electrons. The van der Waals surface area contributed by atoms with Crippen molar-refractivity contribution >= 4 is 5.91 Å². The van der Waals surface area contributed by atoms with Crippen LogP contribution in [-0.2, 0) is 0 Å². The number of carbonyl (C=O) groups excluding carboxylic acids is 1. The summed E-state index contributed by atoms with van der Waals surface area (Å²) in [6, 6.07) is 8.46. The molecule has 1 N–H and O–H groups in total. The van der Waals surface area contributed by atoms with Gasteiger partial charge in [-0.25, -0.2) is 0 Å². The first-order valence-electron chi connectivity index (χ1n) is 6.68. The Kier molecular flexibility index (Phi) is 4.02. The van der Waals surface area contributed by atoms with Gasteiger partial charge in [-0.2, -0.15) is 0 Å². The van der Waals surface area contributed by atoms with Gasteiger partial charge in [0.25, 0.3) is 5.91 Å². The fraction of sp³-hybridized carbons (Fsp3) is 0.533. The van der Waals surface area contributed by atoms with Gasteiger partial charge in [0.2, 0.25) is 0 Å². The third-order valence-electron chi connectivity index (χ3n) is 3.71. The van der Waals surface area contributed by atoms with Crippen molar-refractivity contribution in [3.05, 3.63) is 35.4 Å². The number of rotatable bonds is 3. The fourth-order valence-electron chi connectivity index (χ4n) is 2.37. The zero-order valence-corrected chi connectivity index (χ0v) is 11.4. The predicted molar refractivity (Wildman–Crippen MR) is 73.9 cm³/mol. The van der Waals surface area contributed by atoms with Crippen molar-refractivity contribution in [2.75, 3.05) is 20.1 Å². The number of nitrogens with one attached hydrogen (secondary N) is 1. The minimum atomic E-state index is 0.156. The minimum Gasteiger partial charge on any atom is -0.337 e. The van der Waals surface area contributed by atoms with Gasteiger partial charge < -0.3 is 10.2 Å². The average Bonchev–Trinajstić information content (AvgIpc) is 2.86. The van der Waals surface area contributed by atoms with E-state index in [0.29, 0.717) is 12.0 Å². The molecule has 98 valence electrons. The van der Waals surface area contributed by atoms with Gasteiger partial charge in [-0.1, -0.05) is 26.0 Å². The predicted octanol–water partition coefficient (Wildman–Crippen LogP) is 2.24. The maximum atomic E-state index is 12.3. The van der Waals surface area contributed by atoms with Crippen LogP contribution in [0.25, 0.3) is 0 Å². The van der Waals surface area contributed by atoms with Crippen molar-refractivity contribution < 1.29 is 4.79 Å². The summed E-state index contributed by atoms with van der Waals surface area (Å²) in [7, 11) is 1.95. The van der Waals surface area contributed by atoms with E-state index in [-0.39, 0.29) is 5.91 Å². The molecule has 0 bridgehead atoms. The van der Waals surface area contributed by atoms with Gasteiger partial charge in [0, 0.05) is 24.7 Å². The first-order chi connectivity index (χ1) is 8.61. The Bertz CT molecular complexity index is 411. The molecule has 1 atom stereocenters. The normalized spacial score (nSPS) is 19.6. The minimum absolute atomic E-state index is 0.156. The molecular weight excluding hydrogens is 224 g/mol. The van der Waals surface area contributed by atoms with E-state index in [9.17, 15) is 4.79 Å². The van der Waals surface area contributed by atoms with Crippen molar-refractivity contribution in [3.63, 3.8) is 0 Å². The molecule has 0 spiro atoms. The maximum absolute atomic E-state index is 12.3. The summed E-state index contributed by atoms with van der Waals surface area (Å²) in [6.45, 7) is 6.00. The standard InChI is InChI=1S/C15H22N2O/c1-11(2)12-4-6-13(7-5-12)15(18)17-9-8-14(10-17)16-3/h4-7,11,14,16H,8-10H2,1-3H3. The van der Waals surface area contributed by atoms with E-state index >= 15 is 0 Å². The van der Waals surface area contributed by atoms with Gasteiger partial charge in [0.1, 0.15) is 0 Å². The summed E-state index contributed by atoms with van der Waals surface area (Å²) < 4.78 is 0. The van der Waals surface area contributed by atoms with Crippen LogP contribution in [0.1, 0.15) is 42.1 Å². The van der Waals surface area contributed by atoms with Crippen molar-refractivity contribution in [2.24, 2.45) is 0 Å². The van der Waals surface area contributed by atoms with Crippen molar-refractivity contribution in [1.82, 2.24) is 10.2 Å². The number of hydrogen-bond donors (Lipinski definition) is 1. The number of benzene rings is 1. The van der Waals surface area contributed by atoms with Crippen LogP contribution >= 0.6 is 0 Å². The zero-order valence-electron chi connectivity index (χ0n) is 11.4. The lowest BCUT2D eigenvalue weighted by Gasteiger charge is -2.17. The number of likely N-dealkylation sites (tertiary alicyclic amines) is 1. The highest BCUT2D eigenvalue weighted by molar-refractivity contribution is 5.94. The van der Waals surface area contributed by atoms with Crippen LogP contribution in [0.15, 0.2) is 24.3 Å². The number of likely N-dealkylation sites (N-methyl/N-ethyl adjacent to an activating group) is 1. The van der Waals surface area contributed by atoms with E-state index in [1.54, 1.807) is 0 Å². The van der Waals surface area contributed by atoms with Crippen LogP contribution in [-0.4, -0.2) is 37.0 Å². The SMILES string of the molecule is CNC1CCN(C(=O)c2ccc(C(C)C)cc2)C1. The van der Waals surface area contributed by atoms with Gasteiger partial charge in [-0.3, -0.25) is 4.79 Å². The third kappa shape index (κ3) is 2.72. The quantitative estimate of drug-likeness (QED) is 0.887. The second kappa shape index (κ2) is 5.53. The topological polar surface area (TPSA) is 32.3 Å². The molecule has 0 aliphatic carbocycles. The van der Waals surface area contributed by atoms with Gasteiger partial charge in [-0.15, -0.1) is 0 Å². The van der Waals surface area contributed by atoms with E-state index < -0.39 is 0 Å².